The molecule has 1 N–H and O–H groups in total. The fourth-order valence-electron chi connectivity index (χ4n) is 1.51. The van der Waals surface area contributed by atoms with Gasteiger partial charge in [0.15, 0.2) is 11.6 Å². The summed E-state index contributed by atoms with van der Waals surface area (Å²) in [6.45, 7) is 0.0939. The van der Waals surface area contributed by atoms with Gasteiger partial charge in [0.05, 0.1) is 10.2 Å². The maximum Gasteiger partial charge on any atom is 0.169 e. The minimum Gasteiger partial charge on any atom is -0.483 e. The number of hydrogen-bond donors (Lipinski definition) is 1. The Labute approximate surface area is 117 Å². The number of nitrogens with one attached hydrogen (secondary N) is 1. The van der Waals surface area contributed by atoms with Crippen LogP contribution in [0.2, 0.25) is 0 Å². The minimum absolute atomic E-state index is 0.0296. The van der Waals surface area contributed by atoms with E-state index in [9.17, 15) is 8.78 Å². The van der Waals surface area contributed by atoms with Gasteiger partial charge in [-0.3, -0.25) is 0 Å². The second-order valence-corrected chi connectivity index (χ2v) is 4.61. The molecule has 0 aliphatic heterocycles. The maximum absolute atomic E-state index is 13.5. The fourth-order valence-corrected chi connectivity index (χ4v) is 2.03. The molecule has 19 heavy (non-hydrogen) atoms. The third-order valence-electron chi connectivity index (χ3n) is 2.39. The van der Waals surface area contributed by atoms with Crippen LogP contribution in [0.5, 0.6) is 5.75 Å². The Morgan fingerprint density at radius 1 is 1.32 bits per heavy atom. The molecule has 1 aromatic heterocycles. The third kappa shape index (κ3) is 3.41. The van der Waals surface area contributed by atoms with Crippen molar-refractivity contribution in [3.8, 4) is 5.75 Å². The molecule has 1 aromatic carbocycles. The lowest BCUT2D eigenvalue weighted by Crippen LogP contribution is -2.02. The molecular weight excluding hydrogens is 318 g/mol. The molecule has 0 bridgehead atoms. The van der Waals surface area contributed by atoms with Gasteiger partial charge in [-0.15, -0.1) is 0 Å². The average molecular weight is 329 g/mol. The summed E-state index contributed by atoms with van der Waals surface area (Å²) < 4.78 is 32.0. The molecule has 0 saturated heterocycles. The minimum atomic E-state index is -0.753. The molecule has 0 aliphatic rings. The van der Waals surface area contributed by atoms with Crippen LogP contribution >= 0.6 is 15.9 Å². The van der Waals surface area contributed by atoms with Gasteiger partial charge in [0.25, 0.3) is 0 Å². The first kappa shape index (κ1) is 13.7. The zero-order valence-electron chi connectivity index (χ0n) is 10.1. The summed E-state index contributed by atoms with van der Waals surface area (Å²) in [4.78, 5) is 4.24. The molecule has 0 unspecified atom stereocenters. The van der Waals surface area contributed by atoms with Gasteiger partial charge in [0, 0.05) is 13.1 Å². The van der Waals surface area contributed by atoms with Crippen LogP contribution in [0, 0.1) is 11.6 Å². The number of aromatic nitrogens is 1. The molecule has 3 nitrogen and oxygen atoms in total. The number of ether oxygens (including phenoxy) is 1. The molecule has 0 amide bonds. The van der Waals surface area contributed by atoms with Crippen LogP contribution in [-0.2, 0) is 6.61 Å². The lowest BCUT2D eigenvalue weighted by Gasteiger charge is -2.09. The number of hydrogen-bond acceptors (Lipinski definition) is 3. The van der Waals surface area contributed by atoms with Gasteiger partial charge in [0.1, 0.15) is 18.2 Å². The standard InChI is InChI=1S/C13H11BrF2N2O/c1-17-12-4-2-3-9(18-12)7-19-13-10(14)5-8(15)6-11(13)16/h2-6H,7H2,1H3,(H,17,18). The van der Waals surface area contributed by atoms with E-state index in [0.29, 0.717) is 11.5 Å². The van der Waals surface area contributed by atoms with Gasteiger partial charge in [-0.2, -0.15) is 0 Å². The normalized spacial score (nSPS) is 10.3. The molecule has 0 atom stereocenters. The lowest BCUT2D eigenvalue weighted by molar-refractivity contribution is 0.283. The highest BCUT2D eigenvalue weighted by atomic mass is 79.9. The zero-order valence-corrected chi connectivity index (χ0v) is 11.7. The zero-order chi connectivity index (χ0) is 13.8. The predicted molar refractivity (Wildman–Crippen MR) is 72.2 cm³/mol. The molecular formula is C13H11BrF2N2O. The molecule has 100 valence electrons. The summed E-state index contributed by atoms with van der Waals surface area (Å²) in [6, 6.07) is 7.30. The first-order valence-corrected chi connectivity index (χ1v) is 6.30. The van der Waals surface area contributed by atoms with Gasteiger partial charge in [0.2, 0.25) is 0 Å². The molecule has 6 heteroatoms. The average Bonchev–Trinajstić information content (AvgIpc) is 2.37. The van der Waals surface area contributed by atoms with Crippen molar-refractivity contribution in [3.05, 3.63) is 52.1 Å². The van der Waals surface area contributed by atoms with Crippen molar-refractivity contribution in [1.82, 2.24) is 4.98 Å². The van der Waals surface area contributed by atoms with Crippen molar-refractivity contribution >= 4 is 21.7 Å². The van der Waals surface area contributed by atoms with E-state index in [4.69, 9.17) is 4.74 Å². The number of anilines is 1. The molecule has 2 rings (SSSR count). The highest BCUT2D eigenvalue weighted by Gasteiger charge is 2.11. The topological polar surface area (TPSA) is 34.1 Å². The number of halogens is 3. The predicted octanol–water partition coefficient (Wildman–Crippen LogP) is 3.74. The van der Waals surface area contributed by atoms with Gasteiger partial charge in [-0.05, 0) is 34.1 Å². The largest absolute Gasteiger partial charge is 0.483 e. The third-order valence-corrected chi connectivity index (χ3v) is 2.98. The van der Waals surface area contributed by atoms with E-state index in [1.807, 2.05) is 6.07 Å². The highest BCUT2D eigenvalue weighted by molar-refractivity contribution is 9.10. The van der Waals surface area contributed by atoms with E-state index < -0.39 is 11.6 Å². The van der Waals surface area contributed by atoms with Crippen molar-refractivity contribution in [3.63, 3.8) is 0 Å². The van der Waals surface area contributed by atoms with Crippen LogP contribution in [0.15, 0.2) is 34.8 Å². The quantitative estimate of drug-likeness (QED) is 0.928. The van der Waals surface area contributed by atoms with Crippen LogP contribution in [0.1, 0.15) is 5.69 Å². The highest BCUT2D eigenvalue weighted by Crippen LogP contribution is 2.29. The molecule has 0 spiro atoms. The van der Waals surface area contributed by atoms with Gasteiger partial charge >= 0.3 is 0 Å². The molecule has 0 aliphatic carbocycles. The van der Waals surface area contributed by atoms with E-state index in [-0.39, 0.29) is 16.8 Å². The van der Waals surface area contributed by atoms with E-state index in [0.717, 1.165) is 12.1 Å². The number of nitrogens with zero attached hydrogens (tertiary/aromatic N) is 1. The Kier molecular flexibility index (Phi) is 4.31. The Balaban J connectivity index is 2.14. The van der Waals surface area contributed by atoms with Gasteiger partial charge < -0.3 is 10.1 Å². The van der Waals surface area contributed by atoms with Crippen LogP contribution in [0.25, 0.3) is 0 Å². The molecule has 0 saturated carbocycles. The summed E-state index contributed by atoms with van der Waals surface area (Å²) in [5.41, 5.74) is 0.641. The second-order valence-electron chi connectivity index (χ2n) is 3.75. The summed E-state index contributed by atoms with van der Waals surface area (Å²) in [6.07, 6.45) is 0. The van der Waals surface area contributed by atoms with Crippen molar-refractivity contribution < 1.29 is 13.5 Å². The van der Waals surface area contributed by atoms with E-state index >= 15 is 0 Å². The Morgan fingerprint density at radius 2 is 2.11 bits per heavy atom. The Bertz CT molecular complexity index is 570. The van der Waals surface area contributed by atoms with Crippen molar-refractivity contribution in [2.24, 2.45) is 0 Å². The smallest absolute Gasteiger partial charge is 0.169 e. The van der Waals surface area contributed by atoms with Crippen molar-refractivity contribution in [1.29, 1.82) is 0 Å². The molecule has 0 fully saturated rings. The first-order chi connectivity index (χ1) is 9.10. The fraction of sp³-hybridized carbons (Fsp3) is 0.154. The Morgan fingerprint density at radius 3 is 2.79 bits per heavy atom. The van der Waals surface area contributed by atoms with Gasteiger partial charge in [-0.1, -0.05) is 6.07 Å². The molecule has 2 aromatic rings. The van der Waals surface area contributed by atoms with Crippen molar-refractivity contribution in [2.75, 3.05) is 12.4 Å². The van der Waals surface area contributed by atoms with E-state index in [1.54, 1.807) is 19.2 Å². The second kappa shape index (κ2) is 5.97. The van der Waals surface area contributed by atoms with E-state index in [1.165, 1.54) is 0 Å². The number of benzene rings is 1. The van der Waals surface area contributed by atoms with Crippen LogP contribution in [0.3, 0.4) is 0 Å². The monoisotopic (exact) mass is 328 g/mol. The summed E-state index contributed by atoms with van der Waals surface area (Å²) in [5, 5.41) is 2.90. The lowest BCUT2D eigenvalue weighted by atomic mass is 10.3. The maximum atomic E-state index is 13.5. The van der Waals surface area contributed by atoms with Crippen LogP contribution in [0.4, 0.5) is 14.6 Å². The summed E-state index contributed by atoms with van der Waals surface area (Å²) in [5.74, 6) is -0.749. The van der Waals surface area contributed by atoms with Crippen LogP contribution in [-0.4, -0.2) is 12.0 Å². The molecule has 0 radical (unpaired) electrons. The van der Waals surface area contributed by atoms with Crippen LogP contribution < -0.4 is 10.1 Å². The molecule has 1 heterocycles. The van der Waals surface area contributed by atoms with Crippen molar-refractivity contribution in [2.45, 2.75) is 6.61 Å². The van der Waals surface area contributed by atoms with E-state index in [2.05, 4.69) is 26.2 Å². The number of rotatable bonds is 4. The van der Waals surface area contributed by atoms with Gasteiger partial charge in [-0.25, -0.2) is 13.8 Å². The first-order valence-electron chi connectivity index (χ1n) is 5.51. The Hall–Kier alpha value is -1.69. The summed E-state index contributed by atoms with van der Waals surface area (Å²) >= 11 is 3.06. The number of pyridine rings is 1. The SMILES string of the molecule is CNc1cccc(COc2c(F)cc(F)cc2Br)n1. The summed E-state index contributed by atoms with van der Waals surface area (Å²) in [7, 11) is 1.75.